The van der Waals surface area contributed by atoms with E-state index < -0.39 is 9.84 Å². The highest BCUT2D eigenvalue weighted by Crippen LogP contribution is 2.53. The fraction of sp³-hybridized carbons (Fsp3) is 0.478. The Kier molecular flexibility index (Phi) is 5.96. The van der Waals surface area contributed by atoms with Crippen LogP contribution in [0.1, 0.15) is 38.6 Å². The van der Waals surface area contributed by atoms with E-state index >= 15 is 0 Å². The van der Waals surface area contributed by atoms with Crippen LogP contribution in [-0.2, 0) is 9.84 Å². The molecule has 164 valence electrons. The number of nitrogens with zero attached hydrogens (tertiary/aromatic N) is 3. The smallest absolute Gasteiger partial charge is 0.191 e. The van der Waals surface area contributed by atoms with Crippen LogP contribution in [0.15, 0.2) is 57.9 Å². The molecule has 0 saturated heterocycles. The third kappa shape index (κ3) is 4.22. The van der Waals surface area contributed by atoms with E-state index in [1.807, 2.05) is 12.1 Å². The first-order chi connectivity index (χ1) is 15.0. The Hall–Kier alpha value is -1.64. The Morgan fingerprint density at radius 3 is 2.65 bits per heavy atom. The first kappa shape index (κ1) is 21.2. The molecule has 2 heterocycles. The van der Waals surface area contributed by atoms with E-state index in [1.54, 1.807) is 35.6 Å². The highest BCUT2D eigenvalue weighted by molar-refractivity contribution is 8.00. The van der Waals surface area contributed by atoms with Gasteiger partial charge in [0.1, 0.15) is 0 Å². The molecule has 0 radical (unpaired) electrons. The summed E-state index contributed by atoms with van der Waals surface area (Å²) in [5.41, 5.74) is 0. The van der Waals surface area contributed by atoms with Gasteiger partial charge in [0.2, 0.25) is 0 Å². The molecule has 0 N–H and O–H groups in total. The third-order valence-electron chi connectivity index (χ3n) is 6.91. The zero-order chi connectivity index (χ0) is 21.4. The van der Waals surface area contributed by atoms with Gasteiger partial charge in [0.05, 0.1) is 15.5 Å². The van der Waals surface area contributed by atoms with Crippen LogP contribution >= 0.6 is 23.1 Å². The van der Waals surface area contributed by atoms with Gasteiger partial charge in [-0.15, -0.1) is 21.5 Å². The number of rotatable bonds is 8. The van der Waals surface area contributed by atoms with Crippen molar-refractivity contribution in [3.8, 4) is 10.7 Å². The summed E-state index contributed by atoms with van der Waals surface area (Å²) in [5.74, 6) is 3.80. The lowest BCUT2D eigenvalue weighted by molar-refractivity contribution is 0.235. The average Bonchev–Trinajstić information content (AvgIpc) is 3.58. The first-order valence-corrected chi connectivity index (χ1v) is 14.4. The van der Waals surface area contributed by atoms with Gasteiger partial charge in [-0.05, 0) is 67.5 Å². The second kappa shape index (κ2) is 8.71. The molecule has 2 aliphatic carbocycles. The number of thioether (sulfide) groups is 1. The van der Waals surface area contributed by atoms with Gasteiger partial charge in [-0.25, -0.2) is 8.42 Å². The van der Waals surface area contributed by atoms with Crippen LogP contribution in [0.4, 0.5) is 0 Å². The van der Waals surface area contributed by atoms with Gasteiger partial charge in [-0.2, -0.15) is 0 Å². The molecule has 2 bridgehead atoms. The number of sulfone groups is 1. The van der Waals surface area contributed by atoms with Crippen LogP contribution in [0.3, 0.4) is 0 Å². The summed E-state index contributed by atoms with van der Waals surface area (Å²) < 4.78 is 27.6. The number of hydrogen-bond donors (Lipinski definition) is 0. The van der Waals surface area contributed by atoms with Crippen molar-refractivity contribution in [3.05, 3.63) is 47.8 Å². The minimum atomic E-state index is -3.30. The Morgan fingerprint density at radius 2 is 1.97 bits per heavy atom. The van der Waals surface area contributed by atoms with Crippen molar-refractivity contribution in [2.24, 2.45) is 17.8 Å². The van der Waals surface area contributed by atoms with Crippen molar-refractivity contribution >= 4 is 32.9 Å². The first-order valence-electron chi connectivity index (χ1n) is 10.9. The standard InChI is InChI=1S/C23H27N3O2S3/c1-16(20-15-17-9-10-18(20)14-17)26-22(21-8-5-11-29-21)24-25-23(26)30-12-13-31(27,28)19-6-3-2-4-7-19/h2-8,11,16-18,20H,9-10,12-15H2,1H3. The molecule has 0 spiro atoms. The maximum Gasteiger partial charge on any atom is 0.191 e. The van der Waals surface area contributed by atoms with Crippen LogP contribution in [0.25, 0.3) is 10.7 Å². The number of fused-ring (bicyclic) bond motifs is 2. The van der Waals surface area contributed by atoms with Gasteiger partial charge in [0, 0.05) is 11.8 Å². The average molecular weight is 474 g/mol. The van der Waals surface area contributed by atoms with E-state index in [0.717, 1.165) is 27.7 Å². The molecular weight excluding hydrogens is 446 g/mol. The Bertz CT molecular complexity index is 1130. The molecule has 2 saturated carbocycles. The van der Waals surface area contributed by atoms with E-state index in [0.29, 0.717) is 22.6 Å². The van der Waals surface area contributed by atoms with Gasteiger partial charge in [-0.3, -0.25) is 4.57 Å². The van der Waals surface area contributed by atoms with Gasteiger partial charge in [-0.1, -0.05) is 42.4 Å². The lowest BCUT2D eigenvalue weighted by atomic mass is 9.84. The zero-order valence-corrected chi connectivity index (χ0v) is 20.0. The molecule has 0 amide bonds. The summed E-state index contributed by atoms with van der Waals surface area (Å²) in [6, 6.07) is 13.1. The molecule has 2 fully saturated rings. The van der Waals surface area contributed by atoms with E-state index in [4.69, 9.17) is 0 Å². The second-order valence-electron chi connectivity index (χ2n) is 8.71. The summed E-state index contributed by atoms with van der Waals surface area (Å²) >= 11 is 3.18. The zero-order valence-electron chi connectivity index (χ0n) is 17.6. The largest absolute Gasteiger partial charge is 0.298 e. The maximum atomic E-state index is 12.7. The predicted molar refractivity (Wildman–Crippen MR) is 126 cm³/mol. The molecule has 2 aliphatic rings. The van der Waals surface area contributed by atoms with Crippen LogP contribution < -0.4 is 0 Å². The lowest BCUT2D eigenvalue weighted by Crippen LogP contribution is -2.23. The molecule has 2 aromatic heterocycles. The van der Waals surface area contributed by atoms with Gasteiger partial charge in [0.25, 0.3) is 0 Å². The fourth-order valence-electron chi connectivity index (χ4n) is 5.38. The van der Waals surface area contributed by atoms with Crippen LogP contribution in [0.2, 0.25) is 0 Å². The molecule has 4 atom stereocenters. The SMILES string of the molecule is CC(C1CC2CCC1C2)n1c(SCCS(=O)(=O)c2ccccc2)nnc1-c1cccs1. The molecular formula is C23H27N3O2S3. The summed E-state index contributed by atoms with van der Waals surface area (Å²) in [6.45, 7) is 2.30. The molecule has 1 aromatic carbocycles. The van der Waals surface area contributed by atoms with Crippen LogP contribution in [-0.4, -0.2) is 34.7 Å². The molecule has 5 rings (SSSR count). The quantitative estimate of drug-likeness (QED) is 0.400. The second-order valence-corrected chi connectivity index (χ2v) is 12.8. The highest BCUT2D eigenvalue weighted by atomic mass is 32.2. The Labute approximate surface area is 192 Å². The van der Waals surface area contributed by atoms with Crippen LogP contribution in [0.5, 0.6) is 0 Å². The Morgan fingerprint density at radius 1 is 1.13 bits per heavy atom. The summed E-state index contributed by atoms with van der Waals surface area (Å²) in [7, 11) is -3.30. The van der Waals surface area contributed by atoms with E-state index in [1.165, 1.54) is 37.4 Å². The number of hydrogen-bond acceptors (Lipinski definition) is 6. The molecule has 0 aliphatic heterocycles. The molecule has 8 heteroatoms. The van der Waals surface area contributed by atoms with E-state index in [2.05, 4.69) is 33.1 Å². The third-order valence-corrected chi connectivity index (χ3v) is 10.7. The van der Waals surface area contributed by atoms with Crippen LogP contribution in [0, 0.1) is 17.8 Å². The molecule has 3 aromatic rings. The van der Waals surface area contributed by atoms with Gasteiger partial charge >= 0.3 is 0 Å². The number of benzene rings is 1. The van der Waals surface area contributed by atoms with Crippen molar-refractivity contribution in [2.75, 3.05) is 11.5 Å². The number of aromatic nitrogens is 3. The summed E-state index contributed by atoms with van der Waals surface area (Å²) in [5, 5.41) is 11.9. The highest BCUT2D eigenvalue weighted by Gasteiger charge is 2.43. The summed E-state index contributed by atoms with van der Waals surface area (Å²) in [6.07, 6.45) is 5.38. The van der Waals surface area contributed by atoms with Crippen molar-refractivity contribution in [1.29, 1.82) is 0 Å². The maximum absolute atomic E-state index is 12.7. The van der Waals surface area contributed by atoms with Crippen molar-refractivity contribution in [1.82, 2.24) is 14.8 Å². The topological polar surface area (TPSA) is 64.8 Å². The minimum absolute atomic E-state index is 0.0887. The fourth-order valence-corrected chi connectivity index (χ4v) is 8.78. The molecule has 31 heavy (non-hydrogen) atoms. The lowest BCUT2D eigenvalue weighted by Gasteiger charge is -2.30. The Balaban J connectivity index is 1.37. The van der Waals surface area contributed by atoms with E-state index in [-0.39, 0.29) is 5.75 Å². The van der Waals surface area contributed by atoms with Crippen molar-refractivity contribution in [3.63, 3.8) is 0 Å². The van der Waals surface area contributed by atoms with E-state index in [9.17, 15) is 8.42 Å². The van der Waals surface area contributed by atoms with Crippen molar-refractivity contribution < 1.29 is 8.42 Å². The monoisotopic (exact) mass is 473 g/mol. The molecule has 5 nitrogen and oxygen atoms in total. The summed E-state index contributed by atoms with van der Waals surface area (Å²) in [4.78, 5) is 1.50. The minimum Gasteiger partial charge on any atom is -0.298 e. The predicted octanol–water partition coefficient (Wildman–Crippen LogP) is 5.57. The normalized spacial score (nSPS) is 24.0. The van der Waals surface area contributed by atoms with Gasteiger partial charge in [0.15, 0.2) is 20.8 Å². The molecule has 4 unspecified atom stereocenters. The van der Waals surface area contributed by atoms with Gasteiger partial charge < -0.3 is 0 Å². The number of thiophene rings is 1. The van der Waals surface area contributed by atoms with Crippen molar-refractivity contribution in [2.45, 2.75) is 48.7 Å².